The van der Waals surface area contributed by atoms with Crippen LogP contribution >= 0.6 is 0 Å². The van der Waals surface area contributed by atoms with Crippen LogP contribution in [0.2, 0.25) is 0 Å². The van der Waals surface area contributed by atoms with E-state index in [0.717, 1.165) is 6.54 Å². The fourth-order valence-corrected chi connectivity index (χ4v) is 1.45. The molecular weight excluding hydrogens is 208 g/mol. The standard InChI is InChI=1S/C11H22N2O3/c1-9(2)8-13(6-4-11(15)16)7-5-12-10(3)14/h9H,4-8H2,1-3H3,(H,12,14)(H,15,16). The Bertz CT molecular complexity index is 229. The van der Waals surface area contributed by atoms with E-state index in [1.54, 1.807) is 0 Å². The lowest BCUT2D eigenvalue weighted by Gasteiger charge is -2.23. The molecule has 5 heteroatoms. The maximum Gasteiger partial charge on any atom is 0.304 e. The van der Waals surface area contributed by atoms with Crippen LogP contribution in [0.4, 0.5) is 0 Å². The Hall–Kier alpha value is -1.10. The number of nitrogens with zero attached hydrogens (tertiary/aromatic N) is 1. The number of carbonyl (C=O) groups is 2. The Balaban J connectivity index is 3.89. The first-order valence-corrected chi connectivity index (χ1v) is 5.60. The van der Waals surface area contributed by atoms with Gasteiger partial charge in [-0.05, 0) is 5.92 Å². The van der Waals surface area contributed by atoms with E-state index in [2.05, 4.69) is 24.1 Å². The minimum absolute atomic E-state index is 0.0530. The highest BCUT2D eigenvalue weighted by molar-refractivity contribution is 5.72. The summed E-state index contributed by atoms with van der Waals surface area (Å²) in [5.41, 5.74) is 0. The van der Waals surface area contributed by atoms with Gasteiger partial charge in [0.1, 0.15) is 0 Å². The Morgan fingerprint density at radius 2 is 1.94 bits per heavy atom. The first kappa shape index (κ1) is 14.9. The van der Waals surface area contributed by atoms with Crippen molar-refractivity contribution in [3.63, 3.8) is 0 Å². The average molecular weight is 230 g/mol. The minimum atomic E-state index is -0.784. The molecule has 0 spiro atoms. The maximum absolute atomic E-state index is 10.7. The molecule has 0 aliphatic rings. The van der Waals surface area contributed by atoms with E-state index in [1.807, 2.05) is 0 Å². The number of hydrogen-bond donors (Lipinski definition) is 2. The number of rotatable bonds is 8. The summed E-state index contributed by atoms with van der Waals surface area (Å²) in [7, 11) is 0. The summed E-state index contributed by atoms with van der Waals surface area (Å²) in [6.07, 6.45) is 0.146. The van der Waals surface area contributed by atoms with Crippen LogP contribution in [0.3, 0.4) is 0 Å². The van der Waals surface area contributed by atoms with Crippen LogP contribution in [0.25, 0.3) is 0 Å². The highest BCUT2D eigenvalue weighted by Gasteiger charge is 2.09. The molecule has 0 aromatic heterocycles. The molecule has 0 aliphatic carbocycles. The van der Waals surface area contributed by atoms with Gasteiger partial charge in [0.25, 0.3) is 0 Å². The van der Waals surface area contributed by atoms with Gasteiger partial charge in [0, 0.05) is 33.1 Å². The fourth-order valence-electron chi connectivity index (χ4n) is 1.45. The van der Waals surface area contributed by atoms with Gasteiger partial charge in [0.2, 0.25) is 5.91 Å². The zero-order chi connectivity index (χ0) is 12.6. The van der Waals surface area contributed by atoms with Crippen LogP contribution in [0, 0.1) is 5.92 Å². The largest absolute Gasteiger partial charge is 0.481 e. The van der Waals surface area contributed by atoms with E-state index < -0.39 is 5.97 Å². The second kappa shape index (κ2) is 8.10. The van der Waals surface area contributed by atoms with Crippen molar-refractivity contribution in [2.24, 2.45) is 5.92 Å². The molecule has 0 saturated heterocycles. The lowest BCUT2D eigenvalue weighted by atomic mass is 10.2. The van der Waals surface area contributed by atoms with Gasteiger partial charge in [0.05, 0.1) is 6.42 Å². The summed E-state index contributed by atoms with van der Waals surface area (Å²) >= 11 is 0. The van der Waals surface area contributed by atoms with Crippen LogP contribution in [-0.2, 0) is 9.59 Å². The topological polar surface area (TPSA) is 69.6 Å². The molecule has 0 unspecified atom stereocenters. The predicted octanol–water partition coefficient (Wildman–Crippen LogP) is 0.555. The number of carbonyl (C=O) groups excluding carboxylic acids is 1. The Morgan fingerprint density at radius 1 is 1.31 bits per heavy atom. The molecule has 0 radical (unpaired) electrons. The normalized spacial score (nSPS) is 10.8. The molecule has 1 amide bonds. The molecule has 2 N–H and O–H groups in total. The monoisotopic (exact) mass is 230 g/mol. The van der Waals surface area contributed by atoms with Crippen LogP contribution in [0.1, 0.15) is 27.2 Å². The molecule has 0 fully saturated rings. The van der Waals surface area contributed by atoms with Gasteiger partial charge in [-0.1, -0.05) is 13.8 Å². The lowest BCUT2D eigenvalue weighted by molar-refractivity contribution is -0.137. The number of nitrogens with one attached hydrogen (secondary N) is 1. The van der Waals surface area contributed by atoms with E-state index in [1.165, 1.54) is 6.92 Å². The molecule has 0 saturated carbocycles. The average Bonchev–Trinajstić information content (AvgIpc) is 2.12. The van der Waals surface area contributed by atoms with Crippen molar-refractivity contribution >= 4 is 11.9 Å². The van der Waals surface area contributed by atoms with Crippen molar-refractivity contribution in [3.8, 4) is 0 Å². The Morgan fingerprint density at radius 3 is 2.38 bits per heavy atom. The van der Waals surface area contributed by atoms with Crippen molar-refractivity contribution < 1.29 is 14.7 Å². The van der Waals surface area contributed by atoms with Crippen molar-refractivity contribution in [2.45, 2.75) is 27.2 Å². The van der Waals surface area contributed by atoms with Gasteiger partial charge in [-0.25, -0.2) is 0 Å². The summed E-state index contributed by atoms with van der Waals surface area (Å²) in [6, 6.07) is 0. The van der Waals surface area contributed by atoms with E-state index in [0.29, 0.717) is 25.6 Å². The van der Waals surface area contributed by atoms with E-state index in [4.69, 9.17) is 5.11 Å². The van der Waals surface area contributed by atoms with Crippen LogP contribution in [0.15, 0.2) is 0 Å². The van der Waals surface area contributed by atoms with Gasteiger partial charge in [-0.3, -0.25) is 9.59 Å². The van der Waals surface area contributed by atoms with Crippen molar-refractivity contribution in [1.82, 2.24) is 10.2 Å². The number of aliphatic carboxylic acids is 1. The third-order valence-electron chi connectivity index (χ3n) is 2.07. The zero-order valence-electron chi connectivity index (χ0n) is 10.3. The lowest BCUT2D eigenvalue weighted by Crippen LogP contribution is -2.37. The van der Waals surface area contributed by atoms with E-state index >= 15 is 0 Å². The van der Waals surface area contributed by atoms with Crippen LogP contribution < -0.4 is 5.32 Å². The minimum Gasteiger partial charge on any atom is -0.481 e. The molecular formula is C11H22N2O3. The quantitative estimate of drug-likeness (QED) is 0.639. The van der Waals surface area contributed by atoms with Gasteiger partial charge in [0.15, 0.2) is 0 Å². The van der Waals surface area contributed by atoms with E-state index in [9.17, 15) is 9.59 Å². The molecule has 0 atom stereocenters. The highest BCUT2D eigenvalue weighted by atomic mass is 16.4. The molecule has 94 valence electrons. The summed E-state index contributed by atoms with van der Waals surface area (Å²) in [4.78, 5) is 23.2. The molecule has 0 bridgehead atoms. The molecule has 0 rings (SSSR count). The summed E-state index contributed by atoms with van der Waals surface area (Å²) in [6.45, 7) is 8.31. The Labute approximate surface area is 96.8 Å². The third-order valence-corrected chi connectivity index (χ3v) is 2.07. The number of carboxylic acid groups (broad SMARTS) is 1. The molecule has 0 aromatic rings. The van der Waals surface area contributed by atoms with Gasteiger partial charge < -0.3 is 15.3 Å². The predicted molar refractivity (Wildman–Crippen MR) is 62.2 cm³/mol. The van der Waals surface area contributed by atoms with Crippen molar-refractivity contribution in [2.75, 3.05) is 26.2 Å². The molecule has 16 heavy (non-hydrogen) atoms. The molecule has 5 nitrogen and oxygen atoms in total. The Kier molecular flexibility index (Phi) is 7.54. The van der Waals surface area contributed by atoms with Crippen LogP contribution in [0.5, 0.6) is 0 Å². The first-order valence-electron chi connectivity index (χ1n) is 5.60. The fraction of sp³-hybridized carbons (Fsp3) is 0.818. The SMILES string of the molecule is CC(=O)NCCN(CCC(=O)O)CC(C)C. The zero-order valence-corrected chi connectivity index (χ0v) is 10.3. The third kappa shape index (κ3) is 9.45. The molecule has 0 heterocycles. The van der Waals surface area contributed by atoms with Crippen molar-refractivity contribution in [3.05, 3.63) is 0 Å². The smallest absolute Gasteiger partial charge is 0.304 e. The number of hydrogen-bond acceptors (Lipinski definition) is 3. The summed E-state index contributed by atoms with van der Waals surface area (Å²) in [5.74, 6) is -0.345. The van der Waals surface area contributed by atoms with Gasteiger partial charge in [-0.15, -0.1) is 0 Å². The summed E-state index contributed by atoms with van der Waals surface area (Å²) < 4.78 is 0. The maximum atomic E-state index is 10.7. The number of carboxylic acids is 1. The second-order valence-corrected chi connectivity index (χ2v) is 4.32. The first-order chi connectivity index (χ1) is 7.41. The molecule has 0 aliphatic heterocycles. The van der Waals surface area contributed by atoms with Crippen molar-refractivity contribution in [1.29, 1.82) is 0 Å². The second-order valence-electron chi connectivity index (χ2n) is 4.32. The molecule has 0 aromatic carbocycles. The van der Waals surface area contributed by atoms with Gasteiger partial charge >= 0.3 is 5.97 Å². The summed E-state index contributed by atoms with van der Waals surface area (Å²) in [5, 5.41) is 11.3. The van der Waals surface area contributed by atoms with Gasteiger partial charge in [-0.2, -0.15) is 0 Å². The van der Waals surface area contributed by atoms with Crippen LogP contribution in [-0.4, -0.2) is 48.1 Å². The highest BCUT2D eigenvalue weighted by Crippen LogP contribution is 1.99. The number of amides is 1. The van der Waals surface area contributed by atoms with E-state index in [-0.39, 0.29) is 12.3 Å².